The van der Waals surface area contributed by atoms with Gasteiger partial charge in [0.2, 0.25) is 0 Å². The quantitative estimate of drug-likeness (QED) is 0.281. The number of carboxylic acids is 1. The Morgan fingerprint density at radius 1 is 1.07 bits per heavy atom. The summed E-state index contributed by atoms with van der Waals surface area (Å²) in [5.41, 5.74) is 0. The highest BCUT2D eigenvalue weighted by atomic mass is 32.2. The van der Waals surface area contributed by atoms with E-state index in [-0.39, 0.29) is 24.1 Å². The van der Waals surface area contributed by atoms with Gasteiger partial charge in [-0.2, -0.15) is 0 Å². The molecule has 1 aliphatic rings. The molecule has 5 unspecified atom stereocenters. The average Bonchev–Trinajstić information content (AvgIpc) is 2.94. The summed E-state index contributed by atoms with van der Waals surface area (Å²) in [7, 11) is 0. The Hall–Kier alpha value is -1.15. The molecule has 4 N–H and O–H groups in total. The van der Waals surface area contributed by atoms with Gasteiger partial charge < -0.3 is 20.4 Å². The molecule has 0 bridgehead atoms. The summed E-state index contributed by atoms with van der Waals surface area (Å²) in [5, 5.41) is 39.6. The number of aliphatic hydroxyl groups excluding tert-OH is 3. The summed E-state index contributed by atoms with van der Waals surface area (Å²) >= 11 is 1.28. The van der Waals surface area contributed by atoms with Gasteiger partial charge in [0.05, 0.1) is 18.3 Å². The van der Waals surface area contributed by atoms with Crippen LogP contribution in [0.3, 0.4) is 0 Å². The zero-order valence-corrected chi connectivity index (χ0v) is 17.6. The standard InChI is InChI=1S/C22H33FO5S/c23-18-8-5-6-9-21(18)29-14-15(24)11-12-17-16(19(25)13-20(17)26)7-3-1-2-4-10-22(27)28/h5-6,8-9,15-17,19-20,24-26H,1-4,7,10-14H2,(H,27,28). The summed E-state index contributed by atoms with van der Waals surface area (Å²) in [6.07, 6.45) is 4.15. The van der Waals surface area contributed by atoms with Crippen LogP contribution in [0.25, 0.3) is 0 Å². The largest absolute Gasteiger partial charge is 0.481 e. The van der Waals surface area contributed by atoms with Gasteiger partial charge in [-0.15, -0.1) is 11.8 Å². The summed E-state index contributed by atoms with van der Waals surface area (Å²) in [5.74, 6) is -0.706. The van der Waals surface area contributed by atoms with E-state index in [2.05, 4.69) is 0 Å². The number of carboxylic acid groups (broad SMARTS) is 1. The van der Waals surface area contributed by atoms with E-state index < -0.39 is 24.3 Å². The van der Waals surface area contributed by atoms with Crippen LogP contribution in [-0.2, 0) is 4.79 Å². The predicted molar refractivity (Wildman–Crippen MR) is 111 cm³/mol. The molecule has 1 aromatic carbocycles. The molecule has 5 atom stereocenters. The van der Waals surface area contributed by atoms with Crippen molar-refractivity contribution in [3.63, 3.8) is 0 Å². The van der Waals surface area contributed by atoms with Crippen LogP contribution in [0.1, 0.15) is 57.8 Å². The second-order valence-corrected chi connectivity index (χ2v) is 9.08. The molecular formula is C22H33FO5S. The zero-order valence-electron chi connectivity index (χ0n) is 16.8. The molecule has 0 spiro atoms. The molecule has 1 aliphatic carbocycles. The molecule has 2 rings (SSSR count). The van der Waals surface area contributed by atoms with E-state index in [1.807, 2.05) is 0 Å². The van der Waals surface area contributed by atoms with Crippen LogP contribution < -0.4 is 0 Å². The number of aliphatic carboxylic acids is 1. The predicted octanol–water partition coefficient (Wildman–Crippen LogP) is 3.84. The van der Waals surface area contributed by atoms with Gasteiger partial charge in [-0.25, -0.2) is 4.39 Å². The molecular weight excluding hydrogens is 395 g/mol. The Balaban J connectivity index is 1.72. The highest BCUT2D eigenvalue weighted by Gasteiger charge is 2.40. The Morgan fingerprint density at radius 2 is 1.72 bits per heavy atom. The first-order chi connectivity index (χ1) is 13.9. The summed E-state index contributed by atoms with van der Waals surface area (Å²) < 4.78 is 13.7. The number of rotatable bonds is 13. The Labute approximate surface area is 176 Å². The molecule has 1 saturated carbocycles. The van der Waals surface area contributed by atoms with Gasteiger partial charge in [0.15, 0.2) is 0 Å². The molecule has 0 aliphatic heterocycles. The first-order valence-electron chi connectivity index (χ1n) is 10.5. The number of hydrogen-bond donors (Lipinski definition) is 4. The first-order valence-corrected chi connectivity index (χ1v) is 11.5. The topological polar surface area (TPSA) is 98.0 Å². The molecule has 164 valence electrons. The molecule has 0 heterocycles. The van der Waals surface area contributed by atoms with Gasteiger partial charge in [0.1, 0.15) is 5.82 Å². The maximum atomic E-state index is 13.7. The number of carbonyl (C=O) groups is 1. The van der Waals surface area contributed by atoms with Crippen molar-refractivity contribution in [3.05, 3.63) is 30.1 Å². The Bertz CT molecular complexity index is 629. The van der Waals surface area contributed by atoms with Crippen LogP contribution in [0.2, 0.25) is 0 Å². The minimum absolute atomic E-state index is 0.0101. The Kier molecular flexibility index (Phi) is 10.4. The second-order valence-electron chi connectivity index (χ2n) is 8.02. The van der Waals surface area contributed by atoms with Gasteiger partial charge in [0.25, 0.3) is 0 Å². The van der Waals surface area contributed by atoms with Gasteiger partial charge in [-0.1, -0.05) is 31.4 Å². The molecule has 1 aromatic rings. The van der Waals surface area contributed by atoms with Crippen molar-refractivity contribution < 1.29 is 29.6 Å². The van der Waals surface area contributed by atoms with Gasteiger partial charge in [-0.05, 0) is 56.1 Å². The summed E-state index contributed by atoms with van der Waals surface area (Å²) in [4.78, 5) is 11.0. The van der Waals surface area contributed by atoms with Crippen LogP contribution >= 0.6 is 11.8 Å². The molecule has 0 amide bonds. The maximum Gasteiger partial charge on any atom is 0.303 e. The second kappa shape index (κ2) is 12.5. The average molecular weight is 429 g/mol. The highest BCUT2D eigenvalue weighted by molar-refractivity contribution is 7.99. The van der Waals surface area contributed by atoms with Crippen molar-refractivity contribution in [1.29, 1.82) is 0 Å². The molecule has 29 heavy (non-hydrogen) atoms. The number of unbranched alkanes of at least 4 members (excludes halogenated alkanes) is 3. The third-order valence-corrected chi connectivity index (χ3v) is 6.99. The highest BCUT2D eigenvalue weighted by Crippen LogP contribution is 2.39. The molecule has 7 heteroatoms. The monoisotopic (exact) mass is 428 g/mol. The minimum Gasteiger partial charge on any atom is -0.481 e. The van der Waals surface area contributed by atoms with E-state index in [0.717, 1.165) is 25.7 Å². The fourth-order valence-corrected chi connectivity index (χ4v) is 5.13. The van der Waals surface area contributed by atoms with E-state index >= 15 is 0 Å². The van der Waals surface area contributed by atoms with Gasteiger partial charge >= 0.3 is 5.97 Å². The van der Waals surface area contributed by atoms with Crippen LogP contribution in [0.4, 0.5) is 4.39 Å². The van der Waals surface area contributed by atoms with Crippen molar-refractivity contribution in [3.8, 4) is 0 Å². The third kappa shape index (κ3) is 8.24. The van der Waals surface area contributed by atoms with E-state index in [9.17, 15) is 24.5 Å². The summed E-state index contributed by atoms with van der Waals surface area (Å²) in [6, 6.07) is 6.49. The fourth-order valence-electron chi connectivity index (χ4n) is 4.21. The first kappa shape index (κ1) is 24.1. The molecule has 0 radical (unpaired) electrons. The summed E-state index contributed by atoms with van der Waals surface area (Å²) in [6.45, 7) is 0. The van der Waals surface area contributed by atoms with Crippen molar-refractivity contribution >= 4 is 17.7 Å². The van der Waals surface area contributed by atoms with Gasteiger partial charge in [-0.3, -0.25) is 4.79 Å². The lowest BCUT2D eigenvalue weighted by atomic mass is 9.85. The molecule has 1 fully saturated rings. The number of hydrogen-bond acceptors (Lipinski definition) is 5. The zero-order chi connectivity index (χ0) is 21.2. The van der Waals surface area contributed by atoms with E-state index in [0.29, 0.717) is 36.3 Å². The SMILES string of the molecule is O=C(O)CCCCCCC1C(O)CC(O)C1CCC(O)CSc1ccccc1F. The van der Waals surface area contributed by atoms with Crippen LogP contribution in [0.15, 0.2) is 29.2 Å². The fraction of sp³-hybridized carbons (Fsp3) is 0.682. The van der Waals surface area contributed by atoms with E-state index in [1.54, 1.807) is 18.2 Å². The lowest BCUT2D eigenvalue weighted by Crippen LogP contribution is -2.24. The molecule has 0 aromatic heterocycles. The number of thioether (sulfide) groups is 1. The van der Waals surface area contributed by atoms with Crippen molar-refractivity contribution in [1.82, 2.24) is 0 Å². The van der Waals surface area contributed by atoms with Crippen LogP contribution in [0, 0.1) is 17.7 Å². The van der Waals surface area contributed by atoms with Crippen molar-refractivity contribution in [2.24, 2.45) is 11.8 Å². The van der Waals surface area contributed by atoms with E-state index in [4.69, 9.17) is 5.11 Å². The Morgan fingerprint density at radius 3 is 2.41 bits per heavy atom. The van der Waals surface area contributed by atoms with E-state index in [1.165, 1.54) is 17.8 Å². The van der Waals surface area contributed by atoms with Crippen LogP contribution in [-0.4, -0.2) is 50.5 Å². The number of halogens is 1. The minimum atomic E-state index is -0.772. The maximum absolute atomic E-state index is 13.7. The molecule has 5 nitrogen and oxygen atoms in total. The lowest BCUT2D eigenvalue weighted by molar-refractivity contribution is -0.137. The van der Waals surface area contributed by atoms with Gasteiger partial charge in [0, 0.05) is 17.1 Å². The number of benzene rings is 1. The lowest BCUT2D eigenvalue weighted by Gasteiger charge is -2.24. The molecule has 0 saturated heterocycles. The van der Waals surface area contributed by atoms with Crippen molar-refractivity contribution in [2.45, 2.75) is 81.0 Å². The third-order valence-electron chi connectivity index (χ3n) is 5.80. The van der Waals surface area contributed by atoms with Crippen molar-refractivity contribution in [2.75, 3.05) is 5.75 Å². The smallest absolute Gasteiger partial charge is 0.303 e. The van der Waals surface area contributed by atoms with Crippen LogP contribution in [0.5, 0.6) is 0 Å². The normalized spacial score (nSPS) is 25.2. The number of aliphatic hydroxyl groups is 3.